The van der Waals surface area contributed by atoms with Gasteiger partial charge in [-0.15, -0.1) is 0 Å². The summed E-state index contributed by atoms with van der Waals surface area (Å²) >= 11 is 0. The lowest BCUT2D eigenvalue weighted by molar-refractivity contribution is -0.137. The quantitative estimate of drug-likeness (QED) is 0.0877. The lowest BCUT2D eigenvalue weighted by Gasteiger charge is -2.40. The number of aliphatic hydroxyl groups excluding tert-OH is 1. The number of hydrogen-bond acceptors (Lipinski definition) is 4. The number of fused-ring (bicyclic) bond motifs is 1. The fraction of sp³-hybridized carbons (Fsp3) is 0.743. The van der Waals surface area contributed by atoms with Crippen LogP contribution in [-0.2, 0) is 13.6 Å². The van der Waals surface area contributed by atoms with Crippen molar-refractivity contribution in [2.45, 2.75) is 154 Å². The number of aliphatic carboxylic acids is 1. The van der Waals surface area contributed by atoms with Crippen LogP contribution in [0.25, 0.3) is 11.1 Å². The molecule has 2 N–H and O–H groups in total. The third-order valence-corrected chi connectivity index (χ3v) is 19.6. The second-order valence-electron chi connectivity index (χ2n) is 12.6. The van der Waals surface area contributed by atoms with Crippen LogP contribution in [0.15, 0.2) is 36.4 Å². The molecule has 0 saturated heterocycles. The highest BCUT2D eigenvalue weighted by molar-refractivity contribution is 6.74. The van der Waals surface area contributed by atoms with Crippen LogP contribution in [0.4, 0.5) is 0 Å². The van der Waals surface area contributed by atoms with E-state index in [1.165, 1.54) is 11.1 Å². The summed E-state index contributed by atoms with van der Waals surface area (Å²) < 4.78 is 14.2. The second-order valence-corrected chi connectivity index (χ2v) is 22.0. The predicted molar refractivity (Wildman–Crippen MR) is 182 cm³/mol. The lowest BCUT2D eigenvalue weighted by atomic mass is 9.84. The largest absolute Gasteiger partial charge is 0.481 e. The molecule has 0 heterocycles. The van der Waals surface area contributed by atoms with Crippen molar-refractivity contribution >= 4 is 22.6 Å². The molecule has 7 heteroatoms. The van der Waals surface area contributed by atoms with Crippen molar-refractivity contribution in [2.75, 3.05) is 0 Å². The average molecular weight is 619 g/mol. The van der Waals surface area contributed by atoms with Gasteiger partial charge in [-0.05, 0) is 91.5 Å². The summed E-state index contributed by atoms with van der Waals surface area (Å²) in [6.07, 6.45) is 10.6. The van der Waals surface area contributed by atoms with E-state index in [9.17, 15) is 9.90 Å². The molecule has 0 bridgehead atoms. The summed E-state index contributed by atoms with van der Waals surface area (Å²) in [5, 5.41) is 20.4. The molecule has 240 valence electrons. The number of benzene rings is 1. The van der Waals surface area contributed by atoms with Crippen molar-refractivity contribution in [3.8, 4) is 11.1 Å². The van der Waals surface area contributed by atoms with E-state index in [1.54, 1.807) is 0 Å². The molecule has 3 aliphatic rings. The number of hydrogen-bond donors (Lipinski definition) is 2. The van der Waals surface area contributed by atoms with E-state index < -0.39 is 28.7 Å². The van der Waals surface area contributed by atoms with Crippen molar-refractivity contribution in [1.29, 1.82) is 0 Å². The lowest BCUT2D eigenvalue weighted by Crippen LogP contribution is -2.46. The van der Waals surface area contributed by atoms with Gasteiger partial charge >= 0.3 is 5.97 Å². The fourth-order valence-electron chi connectivity index (χ4n) is 6.87. The van der Waals surface area contributed by atoms with Crippen LogP contribution < -0.4 is 0 Å². The van der Waals surface area contributed by atoms with E-state index in [-0.39, 0.29) is 30.5 Å². The highest BCUT2D eigenvalue weighted by Gasteiger charge is 2.50. The molecule has 5 nitrogen and oxygen atoms in total. The minimum absolute atomic E-state index is 0.0776. The van der Waals surface area contributed by atoms with Crippen LogP contribution in [0.1, 0.15) is 99.8 Å². The fourth-order valence-corrected chi connectivity index (χ4v) is 12.7. The summed E-state index contributed by atoms with van der Waals surface area (Å²) in [5.74, 6) is -0.396. The van der Waals surface area contributed by atoms with E-state index in [1.807, 2.05) is 0 Å². The van der Waals surface area contributed by atoms with Crippen molar-refractivity contribution in [3.05, 3.63) is 36.4 Å². The van der Waals surface area contributed by atoms with E-state index in [0.717, 1.165) is 68.4 Å². The van der Waals surface area contributed by atoms with Gasteiger partial charge in [0.15, 0.2) is 16.6 Å². The Bertz CT molecular complexity index is 909. The molecular formula is C35H62O5Si2. The number of allylic oxidation sites excluding steroid dienone is 2. The first-order chi connectivity index (χ1) is 20.2. The maximum Gasteiger partial charge on any atom is 0.303 e. The Morgan fingerprint density at radius 2 is 1.52 bits per heavy atom. The van der Waals surface area contributed by atoms with E-state index >= 15 is 0 Å². The molecule has 0 radical (unpaired) electrons. The number of carboxylic acids is 1. The Labute approximate surface area is 259 Å². The molecule has 1 saturated carbocycles. The Morgan fingerprint density at radius 3 is 1.98 bits per heavy atom. The summed E-state index contributed by atoms with van der Waals surface area (Å²) in [4.78, 5) is 10.9. The van der Waals surface area contributed by atoms with Crippen LogP contribution in [0.3, 0.4) is 0 Å². The maximum atomic E-state index is 11.5. The molecule has 0 aromatic carbocycles. The molecule has 0 aromatic heterocycles. The van der Waals surface area contributed by atoms with Gasteiger partial charge in [0.1, 0.15) is 0 Å². The monoisotopic (exact) mass is 618 g/mol. The van der Waals surface area contributed by atoms with Gasteiger partial charge in [0.05, 0.1) is 18.3 Å². The minimum Gasteiger partial charge on any atom is -0.481 e. The van der Waals surface area contributed by atoms with E-state index in [2.05, 4.69) is 84.9 Å². The van der Waals surface area contributed by atoms with E-state index in [4.69, 9.17) is 14.0 Å². The zero-order chi connectivity index (χ0) is 31.2. The smallest absolute Gasteiger partial charge is 0.303 e. The van der Waals surface area contributed by atoms with E-state index in [0.29, 0.717) is 12.8 Å². The third-order valence-electron chi connectivity index (χ3n) is 10.3. The highest BCUT2D eigenvalue weighted by Crippen LogP contribution is 2.45. The van der Waals surface area contributed by atoms with Crippen molar-refractivity contribution in [3.63, 3.8) is 0 Å². The molecule has 3 rings (SSSR count). The summed E-state index contributed by atoms with van der Waals surface area (Å²) in [6, 6.07) is 15.2. The van der Waals surface area contributed by atoms with Gasteiger partial charge in [-0.25, -0.2) is 0 Å². The predicted octanol–water partition coefficient (Wildman–Crippen LogP) is 9.82. The number of aliphatic hydroxyl groups is 1. The van der Waals surface area contributed by atoms with Crippen molar-refractivity contribution < 1.29 is 23.9 Å². The summed E-state index contributed by atoms with van der Waals surface area (Å²) in [7, 11) is -3.64. The zero-order valence-electron chi connectivity index (χ0n) is 27.9. The Kier molecular flexibility index (Phi) is 16.3. The second kappa shape index (κ2) is 18.5. The third kappa shape index (κ3) is 10.7. The molecule has 0 unspecified atom stereocenters. The Hall–Kier alpha value is -1.26. The minimum atomic E-state index is -1.82. The molecule has 5 atom stereocenters. The first-order valence-corrected chi connectivity index (χ1v) is 22.2. The highest BCUT2D eigenvalue weighted by atomic mass is 28.4. The Balaban J connectivity index is 0.000000888. The standard InChI is InChI=1S/C29H58O5Si2.C6H4/c1-8-15-21-26(33-35(9-2,10-3)11-4)29-24(20-18-16-17-19-22-28(31)32)27(23-25(29)30)34-36(12-5,13-6)14-7;1-2-5-4-6(5)3-1/h16,18,24-27,29-30H,8-15,17,19-23H2,1-7H3,(H,31,32);1-4H/t24-,25+,26+,27-,29+;/m0./s1. The van der Waals surface area contributed by atoms with Crippen LogP contribution in [-0.4, -0.2) is 51.1 Å². The number of carboxylic acid groups (broad SMARTS) is 1. The van der Waals surface area contributed by atoms with Gasteiger partial charge in [0.2, 0.25) is 0 Å². The molecule has 0 amide bonds. The Morgan fingerprint density at radius 1 is 0.929 bits per heavy atom. The summed E-state index contributed by atoms with van der Waals surface area (Å²) in [5.41, 5.74) is 2.85. The SMILES string of the molecule is CCCC[C@@H](O[Si](CC)(CC)CC)[C@@H]1[C@@H](CC=CCCCC(=O)O)[C@@H](O[Si](CC)(CC)CC)C[C@H]1O.c1cc2cc-2c1. The number of carbonyl (C=O) groups is 1. The normalized spacial score (nSPS) is 22.2. The van der Waals surface area contributed by atoms with Crippen molar-refractivity contribution in [1.82, 2.24) is 0 Å². The van der Waals surface area contributed by atoms with Gasteiger partial charge in [-0.2, -0.15) is 0 Å². The van der Waals surface area contributed by atoms with Crippen LogP contribution in [0, 0.1) is 11.8 Å². The first-order valence-electron chi connectivity index (χ1n) is 17.2. The van der Waals surface area contributed by atoms with Crippen LogP contribution in [0.5, 0.6) is 0 Å². The topological polar surface area (TPSA) is 76.0 Å². The zero-order valence-corrected chi connectivity index (χ0v) is 29.9. The molecular weight excluding hydrogens is 557 g/mol. The van der Waals surface area contributed by atoms with Gasteiger partial charge in [0, 0.05) is 12.3 Å². The molecule has 0 spiro atoms. The molecule has 0 aromatic rings. The maximum absolute atomic E-state index is 11.5. The number of unbranched alkanes of at least 4 members (excludes halogenated alkanes) is 2. The number of rotatable bonds is 20. The molecule has 0 aliphatic heterocycles. The van der Waals surface area contributed by atoms with Gasteiger partial charge in [0.25, 0.3) is 0 Å². The van der Waals surface area contributed by atoms with Crippen LogP contribution in [0.2, 0.25) is 36.3 Å². The van der Waals surface area contributed by atoms with Gasteiger partial charge in [-0.1, -0.05) is 91.7 Å². The summed E-state index contributed by atoms with van der Waals surface area (Å²) in [6.45, 7) is 15.9. The van der Waals surface area contributed by atoms with Crippen molar-refractivity contribution in [2.24, 2.45) is 11.8 Å². The van der Waals surface area contributed by atoms with Gasteiger partial charge < -0.3 is 19.1 Å². The van der Waals surface area contributed by atoms with Crippen LogP contribution >= 0.6 is 0 Å². The van der Waals surface area contributed by atoms with Gasteiger partial charge in [-0.3, -0.25) is 4.79 Å². The molecule has 1 fully saturated rings. The molecule has 3 aliphatic carbocycles. The molecule has 42 heavy (non-hydrogen) atoms. The first kappa shape index (κ1) is 36.9. The average Bonchev–Trinajstić information content (AvgIpc) is 3.47.